The largest absolute Gasteiger partial charge is 0.383 e. The fourth-order valence-corrected chi connectivity index (χ4v) is 3.16. The van der Waals surface area contributed by atoms with E-state index >= 15 is 0 Å². The maximum absolute atomic E-state index is 11.7. The zero-order valence-corrected chi connectivity index (χ0v) is 15.5. The van der Waals surface area contributed by atoms with E-state index in [4.69, 9.17) is 4.63 Å². The van der Waals surface area contributed by atoms with Crippen LogP contribution in [0.3, 0.4) is 0 Å². The van der Waals surface area contributed by atoms with Gasteiger partial charge in [0.1, 0.15) is 5.69 Å². The fourth-order valence-electron chi connectivity index (χ4n) is 3.16. The zero-order chi connectivity index (χ0) is 20.1. The molecule has 0 saturated heterocycles. The van der Waals surface area contributed by atoms with Gasteiger partial charge in [0.25, 0.3) is 0 Å². The van der Waals surface area contributed by atoms with Gasteiger partial charge < -0.3 is 10.6 Å². The first-order valence-corrected chi connectivity index (χ1v) is 9.21. The summed E-state index contributed by atoms with van der Waals surface area (Å²) in [6, 6.07) is 21.4. The Balaban J connectivity index is 1.60. The third-order valence-corrected chi connectivity index (χ3v) is 4.59. The highest BCUT2D eigenvalue weighted by Crippen LogP contribution is 2.37. The molecule has 0 atom stereocenters. The molecule has 8 nitrogen and oxygen atoms in total. The van der Waals surface area contributed by atoms with E-state index in [2.05, 4.69) is 33.1 Å². The third-order valence-electron chi connectivity index (χ3n) is 4.59. The predicted octanol–water partition coefficient (Wildman–Crippen LogP) is 4.40. The van der Waals surface area contributed by atoms with Gasteiger partial charge in [0.05, 0.1) is 10.6 Å². The van der Waals surface area contributed by atoms with Crippen LogP contribution in [-0.4, -0.2) is 21.8 Å². The molecule has 0 fully saturated rings. The standard InChI is InChI=1S/C21H19N5O3/c27-26(28)21-18(23-14-16-9-5-2-6-10-16)13-17(19-20(21)25-29-24-19)22-12-11-15-7-3-1-4-8-15/h1-10,13,22-23H,11-12,14H2. The first-order chi connectivity index (χ1) is 14.2. The average molecular weight is 389 g/mol. The lowest BCUT2D eigenvalue weighted by Gasteiger charge is -2.11. The minimum atomic E-state index is -0.465. The van der Waals surface area contributed by atoms with Crippen LogP contribution in [0.1, 0.15) is 11.1 Å². The first kappa shape index (κ1) is 18.4. The van der Waals surface area contributed by atoms with Gasteiger partial charge in [-0.3, -0.25) is 10.1 Å². The van der Waals surface area contributed by atoms with E-state index in [1.165, 1.54) is 5.56 Å². The van der Waals surface area contributed by atoms with Crippen LogP contribution >= 0.6 is 0 Å². The first-order valence-electron chi connectivity index (χ1n) is 9.21. The van der Waals surface area contributed by atoms with E-state index in [9.17, 15) is 10.1 Å². The Labute approximate surface area is 166 Å². The molecule has 0 aliphatic heterocycles. The van der Waals surface area contributed by atoms with Crippen LogP contribution in [0.15, 0.2) is 71.4 Å². The van der Waals surface area contributed by atoms with Crippen LogP contribution in [0.4, 0.5) is 17.1 Å². The van der Waals surface area contributed by atoms with E-state index in [0.29, 0.717) is 30.0 Å². The van der Waals surface area contributed by atoms with Gasteiger partial charge in [-0.05, 0) is 33.9 Å². The van der Waals surface area contributed by atoms with Crippen molar-refractivity contribution in [2.75, 3.05) is 17.2 Å². The number of nitrogens with one attached hydrogen (secondary N) is 2. The lowest BCUT2D eigenvalue weighted by atomic mass is 10.1. The van der Waals surface area contributed by atoms with Crippen LogP contribution in [0, 0.1) is 10.1 Å². The second-order valence-electron chi connectivity index (χ2n) is 6.54. The number of nitro groups is 1. The molecule has 8 heteroatoms. The lowest BCUT2D eigenvalue weighted by molar-refractivity contribution is -0.382. The number of hydrogen-bond donors (Lipinski definition) is 2. The summed E-state index contributed by atoms with van der Waals surface area (Å²) >= 11 is 0. The van der Waals surface area contributed by atoms with Crippen molar-refractivity contribution in [1.82, 2.24) is 10.3 Å². The molecular formula is C21H19N5O3. The number of aromatic nitrogens is 2. The van der Waals surface area contributed by atoms with Crippen LogP contribution in [0.5, 0.6) is 0 Å². The molecule has 0 spiro atoms. The molecular weight excluding hydrogens is 370 g/mol. The molecule has 4 rings (SSSR count). The van der Waals surface area contributed by atoms with Crippen molar-refractivity contribution in [3.05, 3.63) is 88.0 Å². The quantitative estimate of drug-likeness (QED) is 0.340. The highest BCUT2D eigenvalue weighted by molar-refractivity contribution is 5.99. The number of hydrogen-bond acceptors (Lipinski definition) is 7. The summed E-state index contributed by atoms with van der Waals surface area (Å²) in [5.41, 5.74) is 3.52. The number of benzene rings is 3. The zero-order valence-electron chi connectivity index (χ0n) is 15.5. The van der Waals surface area contributed by atoms with Gasteiger partial charge >= 0.3 is 5.69 Å². The van der Waals surface area contributed by atoms with Gasteiger partial charge in [0, 0.05) is 13.1 Å². The number of fused-ring (bicyclic) bond motifs is 1. The van der Waals surface area contributed by atoms with Crippen molar-refractivity contribution in [2.45, 2.75) is 13.0 Å². The predicted molar refractivity (Wildman–Crippen MR) is 111 cm³/mol. The van der Waals surface area contributed by atoms with E-state index < -0.39 is 4.92 Å². The van der Waals surface area contributed by atoms with Crippen molar-refractivity contribution in [2.24, 2.45) is 0 Å². The number of anilines is 2. The van der Waals surface area contributed by atoms with Crippen molar-refractivity contribution < 1.29 is 9.55 Å². The molecule has 0 amide bonds. The van der Waals surface area contributed by atoms with E-state index in [1.807, 2.05) is 48.5 Å². The van der Waals surface area contributed by atoms with E-state index in [0.717, 1.165) is 12.0 Å². The molecule has 0 saturated carbocycles. The van der Waals surface area contributed by atoms with Crippen molar-refractivity contribution >= 4 is 28.1 Å². The summed E-state index contributed by atoms with van der Waals surface area (Å²) in [6.07, 6.45) is 0.803. The topological polar surface area (TPSA) is 106 Å². The summed E-state index contributed by atoms with van der Waals surface area (Å²) in [5.74, 6) is 0. The molecule has 2 N–H and O–H groups in total. The average Bonchev–Trinajstić information content (AvgIpc) is 3.23. The van der Waals surface area contributed by atoms with E-state index in [-0.39, 0.29) is 11.2 Å². The molecule has 0 aliphatic carbocycles. The number of rotatable bonds is 8. The number of nitro benzene ring substituents is 1. The smallest absolute Gasteiger partial charge is 0.323 e. The summed E-state index contributed by atoms with van der Waals surface area (Å²) in [7, 11) is 0. The van der Waals surface area contributed by atoms with Gasteiger partial charge in [-0.25, -0.2) is 4.63 Å². The molecule has 1 aromatic heterocycles. The van der Waals surface area contributed by atoms with Crippen molar-refractivity contribution in [1.29, 1.82) is 0 Å². The normalized spacial score (nSPS) is 10.8. The maximum Gasteiger partial charge on any atom is 0.323 e. The van der Waals surface area contributed by atoms with Gasteiger partial charge in [-0.1, -0.05) is 60.7 Å². The molecule has 0 bridgehead atoms. The summed E-state index contributed by atoms with van der Waals surface area (Å²) in [4.78, 5) is 11.2. The van der Waals surface area contributed by atoms with Gasteiger partial charge in [0.15, 0.2) is 5.52 Å². The molecule has 1 heterocycles. The molecule has 146 valence electrons. The lowest BCUT2D eigenvalue weighted by Crippen LogP contribution is -2.08. The van der Waals surface area contributed by atoms with Crippen LogP contribution in [0.2, 0.25) is 0 Å². The molecule has 4 aromatic rings. The second-order valence-corrected chi connectivity index (χ2v) is 6.54. The van der Waals surface area contributed by atoms with Gasteiger partial charge in [0.2, 0.25) is 5.52 Å². The fraction of sp³-hybridized carbons (Fsp3) is 0.143. The summed E-state index contributed by atoms with van der Waals surface area (Å²) in [6.45, 7) is 1.09. The highest BCUT2D eigenvalue weighted by atomic mass is 16.6. The Morgan fingerprint density at radius 2 is 1.52 bits per heavy atom. The van der Waals surface area contributed by atoms with Crippen molar-refractivity contribution in [3.8, 4) is 0 Å². The van der Waals surface area contributed by atoms with Gasteiger partial charge in [-0.2, -0.15) is 0 Å². The molecule has 0 radical (unpaired) electrons. The van der Waals surface area contributed by atoms with Crippen LogP contribution in [0.25, 0.3) is 11.0 Å². The van der Waals surface area contributed by atoms with E-state index in [1.54, 1.807) is 6.07 Å². The van der Waals surface area contributed by atoms with Crippen molar-refractivity contribution in [3.63, 3.8) is 0 Å². The van der Waals surface area contributed by atoms with Crippen LogP contribution < -0.4 is 10.6 Å². The highest BCUT2D eigenvalue weighted by Gasteiger charge is 2.25. The number of nitrogens with zero attached hydrogens (tertiary/aromatic N) is 3. The monoisotopic (exact) mass is 389 g/mol. The third kappa shape index (κ3) is 4.16. The molecule has 29 heavy (non-hydrogen) atoms. The Hall–Kier alpha value is -3.94. The summed E-state index contributed by atoms with van der Waals surface area (Å²) in [5, 5.41) is 25.8. The molecule has 3 aromatic carbocycles. The summed E-state index contributed by atoms with van der Waals surface area (Å²) < 4.78 is 4.81. The second kappa shape index (κ2) is 8.39. The Kier molecular flexibility index (Phi) is 5.33. The Morgan fingerprint density at radius 1 is 0.862 bits per heavy atom. The maximum atomic E-state index is 11.7. The molecule has 0 unspecified atom stereocenters. The minimum absolute atomic E-state index is 0.121. The Bertz CT molecular complexity index is 1110. The Morgan fingerprint density at radius 3 is 2.21 bits per heavy atom. The van der Waals surface area contributed by atoms with Gasteiger partial charge in [-0.15, -0.1) is 0 Å². The van der Waals surface area contributed by atoms with Crippen LogP contribution in [-0.2, 0) is 13.0 Å². The SMILES string of the molecule is O=[N+]([O-])c1c(NCc2ccccc2)cc(NCCc2ccccc2)c2nonc12. The molecule has 0 aliphatic rings. The minimum Gasteiger partial charge on any atom is -0.383 e.